The number of carbonyl (C=O) groups is 1. The average Bonchev–Trinajstić information content (AvgIpc) is 3.17. The van der Waals surface area contributed by atoms with E-state index in [-0.39, 0.29) is 5.91 Å². The van der Waals surface area contributed by atoms with Gasteiger partial charge in [-0.1, -0.05) is 36.4 Å². The Hall–Kier alpha value is -3.61. The molecular formula is C24H20F3N3O. The molecule has 0 atom stereocenters. The number of benzene rings is 3. The highest BCUT2D eigenvalue weighted by Gasteiger charge is 2.30. The predicted molar refractivity (Wildman–Crippen MR) is 114 cm³/mol. The smallest absolute Gasteiger partial charge is 0.352 e. The summed E-state index contributed by atoms with van der Waals surface area (Å²) in [5, 5.41) is 4.61. The van der Waals surface area contributed by atoms with Gasteiger partial charge in [-0.05, 0) is 46.2 Å². The first-order chi connectivity index (χ1) is 14.8. The summed E-state index contributed by atoms with van der Waals surface area (Å²) in [5.74, 6) is 0.705. The Morgan fingerprint density at radius 3 is 2.52 bits per heavy atom. The number of aryl methyl sites for hydroxylation is 1. The minimum atomic E-state index is -4.37. The first-order valence-electron chi connectivity index (χ1n) is 9.78. The van der Waals surface area contributed by atoms with Gasteiger partial charge in [0.15, 0.2) is 0 Å². The van der Waals surface area contributed by atoms with E-state index in [1.807, 2.05) is 42.1 Å². The molecule has 0 saturated heterocycles. The lowest BCUT2D eigenvalue weighted by atomic mass is 9.96. The van der Waals surface area contributed by atoms with Crippen LogP contribution >= 0.6 is 0 Å². The van der Waals surface area contributed by atoms with Gasteiger partial charge in [-0.3, -0.25) is 4.79 Å². The number of imidazole rings is 1. The largest absolute Gasteiger partial charge is 0.416 e. The first-order valence-corrected chi connectivity index (χ1v) is 9.78. The predicted octanol–water partition coefficient (Wildman–Crippen LogP) is 5.23. The normalized spacial score (nSPS) is 11.6. The van der Waals surface area contributed by atoms with Crippen LogP contribution in [0.4, 0.5) is 13.2 Å². The van der Waals surface area contributed by atoms with Crippen LogP contribution in [0.25, 0.3) is 21.9 Å². The van der Waals surface area contributed by atoms with E-state index in [1.165, 1.54) is 12.1 Å². The third kappa shape index (κ3) is 4.45. The number of hydrogen-bond donors (Lipinski definition) is 1. The minimum Gasteiger partial charge on any atom is -0.352 e. The van der Waals surface area contributed by atoms with Crippen molar-refractivity contribution in [2.24, 2.45) is 7.05 Å². The topological polar surface area (TPSA) is 46.9 Å². The van der Waals surface area contributed by atoms with Gasteiger partial charge in [0.2, 0.25) is 0 Å². The van der Waals surface area contributed by atoms with Gasteiger partial charge in [-0.15, -0.1) is 0 Å². The first kappa shape index (κ1) is 20.7. The zero-order valence-corrected chi connectivity index (χ0v) is 16.8. The number of carbonyl (C=O) groups excluding carboxylic acids is 1. The van der Waals surface area contributed by atoms with Crippen molar-refractivity contribution in [2.75, 3.05) is 6.54 Å². The van der Waals surface area contributed by atoms with Crippen LogP contribution in [0, 0.1) is 0 Å². The van der Waals surface area contributed by atoms with Crippen LogP contribution in [-0.4, -0.2) is 22.0 Å². The number of rotatable bonds is 5. The fraction of sp³-hybridized carbons (Fsp3) is 0.167. The highest BCUT2D eigenvalue weighted by Crippen LogP contribution is 2.33. The Bertz CT molecular complexity index is 1230. The lowest BCUT2D eigenvalue weighted by Crippen LogP contribution is -2.26. The molecule has 0 aliphatic heterocycles. The van der Waals surface area contributed by atoms with Gasteiger partial charge < -0.3 is 9.88 Å². The van der Waals surface area contributed by atoms with Crippen LogP contribution < -0.4 is 5.32 Å². The maximum absolute atomic E-state index is 12.8. The zero-order valence-electron chi connectivity index (χ0n) is 16.8. The highest BCUT2D eigenvalue weighted by atomic mass is 19.4. The van der Waals surface area contributed by atoms with Gasteiger partial charge >= 0.3 is 6.18 Å². The van der Waals surface area contributed by atoms with Crippen molar-refractivity contribution in [1.29, 1.82) is 0 Å². The van der Waals surface area contributed by atoms with E-state index >= 15 is 0 Å². The lowest BCUT2D eigenvalue weighted by molar-refractivity contribution is -0.137. The van der Waals surface area contributed by atoms with Crippen molar-refractivity contribution in [3.63, 3.8) is 0 Å². The molecule has 158 valence electrons. The minimum absolute atomic E-state index is 0.184. The molecule has 0 radical (unpaired) electrons. The Balaban J connectivity index is 1.53. The molecule has 0 saturated carbocycles. The van der Waals surface area contributed by atoms with Crippen molar-refractivity contribution in [1.82, 2.24) is 14.9 Å². The van der Waals surface area contributed by atoms with Gasteiger partial charge in [0, 0.05) is 38.0 Å². The highest BCUT2D eigenvalue weighted by molar-refractivity contribution is 6.02. The second-order valence-corrected chi connectivity index (χ2v) is 7.28. The number of hydrogen-bond acceptors (Lipinski definition) is 2. The average molecular weight is 423 g/mol. The fourth-order valence-electron chi connectivity index (χ4n) is 3.54. The van der Waals surface area contributed by atoms with Gasteiger partial charge in [-0.25, -0.2) is 4.98 Å². The van der Waals surface area contributed by atoms with Crippen LogP contribution in [0.1, 0.15) is 21.7 Å². The van der Waals surface area contributed by atoms with E-state index in [0.717, 1.165) is 34.3 Å². The number of nitrogens with zero attached hydrogens (tertiary/aromatic N) is 2. The maximum atomic E-state index is 12.8. The van der Waals surface area contributed by atoms with Crippen LogP contribution in [-0.2, 0) is 19.6 Å². The number of amides is 1. The maximum Gasteiger partial charge on any atom is 0.416 e. The summed E-state index contributed by atoms with van der Waals surface area (Å²) >= 11 is 0. The van der Waals surface area contributed by atoms with Crippen LogP contribution in [0.2, 0.25) is 0 Å². The number of alkyl halides is 3. The van der Waals surface area contributed by atoms with E-state index in [2.05, 4.69) is 10.3 Å². The molecule has 0 bridgehead atoms. The second-order valence-electron chi connectivity index (χ2n) is 7.28. The molecule has 3 aromatic carbocycles. The number of fused-ring (bicyclic) bond motifs is 1. The number of halogens is 3. The molecule has 7 heteroatoms. The van der Waals surface area contributed by atoms with Gasteiger partial charge in [0.05, 0.1) is 5.56 Å². The number of aromatic nitrogens is 2. The standard InChI is InChI=1S/C24H20F3N3O/c1-30-14-13-28-22(30)11-12-29-23(31)18-7-10-21-17(15-18)3-2-4-20(21)16-5-8-19(9-6-16)24(25,26)27/h2-10,13-15H,11-12H2,1H3,(H,29,31). The van der Waals surface area contributed by atoms with E-state index in [4.69, 9.17) is 0 Å². The van der Waals surface area contributed by atoms with E-state index in [1.54, 1.807) is 18.3 Å². The van der Waals surface area contributed by atoms with Crippen LogP contribution in [0.3, 0.4) is 0 Å². The molecule has 4 nitrogen and oxygen atoms in total. The monoisotopic (exact) mass is 423 g/mol. The Morgan fingerprint density at radius 2 is 1.84 bits per heavy atom. The van der Waals surface area contributed by atoms with Gasteiger partial charge in [0.25, 0.3) is 5.91 Å². The van der Waals surface area contributed by atoms with E-state index in [0.29, 0.717) is 24.1 Å². The number of nitrogens with one attached hydrogen (secondary N) is 1. The SMILES string of the molecule is Cn1ccnc1CCNC(=O)c1ccc2c(-c3ccc(C(F)(F)F)cc3)cccc2c1. The quantitative estimate of drug-likeness (QED) is 0.478. The van der Waals surface area contributed by atoms with Crippen molar-refractivity contribution in [3.8, 4) is 11.1 Å². The molecule has 1 N–H and O–H groups in total. The second kappa shape index (κ2) is 8.26. The summed E-state index contributed by atoms with van der Waals surface area (Å²) in [7, 11) is 1.90. The molecule has 0 spiro atoms. The molecule has 4 rings (SSSR count). The molecule has 1 aromatic heterocycles. The van der Waals surface area contributed by atoms with Crippen molar-refractivity contribution in [2.45, 2.75) is 12.6 Å². The Morgan fingerprint density at radius 1 is 1.06 bits per heavy atom. The summed E-state index contributed by atoms with van der Waals surface area (Å²) in [6.45, 7) is 0.466. The van der Waals surface area contributed by atoms with Gasteiger partial charge in [0.1, 0.15) is 5.82 Å². The Labute approximate surface area is 177 Å². The zero-order chi connectivity index (χ0) is 22.0. The summed E-state index contributed by atoms with van der Waals surface area (Å²) in [4.78, 5) is 16.8. The van der Waals surface area contributed by atoms with Crippen LogP contribution in [0.15, 0.2) is 73.1 Å². The lowest BCUT2D eigenvalue weighted by Gasteiger charge is -2.11. The molecule has 1 amide bonds. The third-order valence-electron chi connectivity index (χ3n) is 5.22. The molecule has 0 fully saturated rings. The third-order valence-corrected chi connectivity index (χ3v) is 5.22. The van der Waals surface area contributed by atoms with E-state index in [9.17, 15) is 18.0 Å². The van der Waals surface area contributed by atoms with Crippen molar-refractivity contribution in [3.05, 3.63) is 90.0 Å². The van der Waals surface area contributed by atoms with Crippen LogP contribution in [0.5, 0.6) is 0 Å². The molecule has 4 aromatic rings. The van der Waals surface area contributed by atoms with Gasteiger partial charge in [-0.2, -0.15) is 13.2 Å². The summed E-state index contributed by atoms with van der Waals surface area (Å²) < 4.78 is 40.4. The fourth-order valence-corrected chi connectivity index (χ4v) is 3.54. The molecule has 1 heterocycles. The molecule has 0 aliphatic carbocycles. The molecule has 0 aliphatic rings. The Kier molecular flexibility index (Phi) is 5.50. The van der Waals surface area contributed by atoms with E-state index < -0.39 is 11.7 Å². The molecule has 31 heavy (non-hydrogen) atoms. The summed E-state index contributed by atoms with van der Waals surface area (Å²) in [6, 6.07) is 16.0. The summed E-state index contributed by atoms with van der Waals surface area (Å²) in [6.07, 6.45) is -0.166. The molecular weight excluding hydrogens is 403 g/mol. The van der Waals surface area contributed by atoms with Crippen molar-refractivity contribution >= 4 is 16.7 Å². The summed E-state index contributed by atoms with van der Waals surface area (Å²) in [5.41, 5.74) is 1.34. The molecule has 0 unspecified atom stereocenters. The van der Waals surface area contributed by atoms with Crippen molar-refractivity contribution < 1.29 is 18.0 Å².